The van der Waals surface area contributed by atoms with E-state index >= 15 is 0 Å². The minimum atomic E-state index is -0.386. The molecule has 0 spiro atoms. The van der Waals surface area contributed by atoms with Gasteiger partial charge < -0.3 is 4.90 Å². The molecule has 2 nitrogen and oxygen atoms in total. The van der Waals surface area contributed by atoms with Crippen LogP contribution in [0.4, 0.5) is 4.39 Å². The van der Waals surface area contributed by atoms with E-state index in [-0.39, 0.29) is 17.3 Å². The number of hydrogen-bond donors (Lipinski definition) is 0. The summed E-state index contributed by atoms with van der Waals surface area (Å²) in [7, 11) is 0. The first-order chi connectivity index (χ1) is 8.63. The Labute approximate surface area is 115 Å². The van der Waals surface area contributed by atoms with Crippen molar-refractivity contribution in [3.63, 3.8) is 0 Å². The van der Waals surface area contributed by atoms with E-state index < -0.39 is 0 Å². The first-order valence-electron chi connectivity index (χ1n) is 6.24. The Bertz CT molecular complexity index is 449. The Morgan fingerprint density at radius 3 is 3.06 bits per heavy atom. The Balaban J connectivity index is 2.18. The maximum absolute atomic E-state index is 13.9. The highest BCUT2D eigenvalue weighted by atomic mass is 79.9. The SMILES string of the molecule is Cc1cccc(C(=O)N2CCCC(CBr)C2)c1F. The van der Waals surface area contributed by atoms with Crippen LogP contribution < -0.4 is 0 Å². The number of piperidine rings is 1. The van der Waals surface area contributed by atoms with Crippen LogP contribution >= 0.6 is 15.9 Å². The quantitative estimate of drug-likeness (QED) is 0.766. The summed E-state index contributed by atoms with van der Waals surface area (Å²) in [6.07, 6.45) is 2.13. The van der Waals surface area contributed by atoms with E-state index in [9.17, 15) is 9.18 Å². The van der Waals surface area contributed by atoms with Crippen LogP contribution in [0.15, 0.2) is 18.2 Å². The second-order valence-corrected chi connectivity index (χ2v) is 5.50. The second-order valence-electron chi connectivity index (χ2n) is 4.85. The third-order valence-electron chi connectivity index (χ3n) is 3.45. The number of halogens is 2. The summed E-state index contributed by atoms with van der Waals surface area (Å²) in [5.74, 6) is -0.0825. The monoisotopic (exact) mass is 313 g/mol. The van der Waals surface area contributed by atoms with E-state index in [4.69, 9.17) is 0 Å². The van der Waals surface area contributed by atoms with Crippen LogP contribution in [0.25, 0.3) is 0 Å². The average molecular weight is 314 g/mol. The van der Waals surface area contributed by atoms with Crippen molar-refractivity contribution >= 4 is 21.8 Å². The first kappa shape index (κ1) is 13.5. The summed E-state index contributed by atoms with van der Waals surface area (Å²) in [6, 6.07) is 4.99. The zero-order valence-corrected chi connectivity index (χ0v) is 12.0. The molecule has 0 aromatic heterocycles. The largest absolute Gasteiger partial charge is 0.338 e. The Hall–Kier alpha value is -0.900. The van der Waals surface area contributed by atoms with Gasteiger partial charge in [-0.2, -0.15) is 0 Å². The van der Waals surface area contributed by atoms with Crippen molar-refractivity contribution in [3.05, 3.63) is 35.1 Å². The lowest BCUT2D eigenvalue weighted by atomic mass is 9.99. The molecular formula is C14H17BrFNO. The van der Waals surface area contributed by atoms with Gasteiger partial charge in [-0.25, -0.2) is 4.39 Å². The molecule has 0 N–H and O–H groups in total. The van der Waals surface area contributed by atoms with E-state index in [1.54, 1.807) is 30.0 Å². The van der Waals surface area contributed by atoms with Crippen LogP contribution in [-0.4, -0.2) is 29.2 Å². The zero-order valence-electron chi connectivity index (χ0n) is 10.5. The lowest BCUT2D eigenvalue weighted by Crippen LogP contribution is -2.40. The molecule has 0 aliphatic carbocycles. The molecule has 1 heterocycles. The molecule has 1 fully saturated rings. The Morgan fingerprint density at radius 2 is 2.33 bits per heavy atom. The average Bonchev–Trinajstić information content (AvgIpc) is 2.41. The van der Waals surface area contributed by atoms with Crippen molar-refractivity contribution in [1.82, 2.24) is 4.90 Å². The van der Waals surface area contributed by atoms with Crippen LogP contribution in [0.2, 0.25) is 0 Å². The number of hydrogen-bond acceptors (Lipinski definition) is 1. The zero-order chi connectivity index (χ0) is 13.1. The highest BCUT2D eigenvalue weighted by Gasteiger charge is 2.25. The summed E-state index contributed by atoms with van der Waals surface area (Å²) in [4.78, 5) is 14.1. The number of rotatable bonds is 2. The van der Waals surface area contributed by atoms with Crippen molar-refractivity contribution < 1.29 is 9.18 Å². The molecule has 1 aliphatic rings. The van der Waals surface area contributed by atoms with Crippen molar-refractivity contribution in [3.8, 4) is 0 Å². The molecule has 1 aliphatic heterocycles. The van der Waals surface area contributed by atoms with Crippen LogP contribution in [-0.2, 0) is 0 Å². The van der Waals surface area contributed by atoms with Crippen LogP contribution in [0, 0.1) is 18.7 Å². The fraction of sp³-hybridized carbons (Fsp3) is 0.500. The summed E-state index contributed by atoms with van der Waals surface area (Å²) in [5.41, 5.74) is 0.722. The molecular weight excluding hydrogens is 297 g/mol. The maximum atomic E-state index is 13.9. The van der Waals surface area contributed by atoms with Gasteiger partial charge in [-0.3, -0.25) is 4.79 Å². The van der Waals surface area contributed by atoms with Gasteiger partial charge in [0.05, 0.1) is 5.56 Å². The third-order valence-corrected chi connectivity index (χ3v) is 4.36. The molecule has 18 heavy (non-hydrogen) atoms. The molecule has 1 aromatic rings. The lowest BCUT2D eigenvalue weighted by molar-refractivity contribution is 0.0681. The predicted molar refractivity (Wildman–Crippen MR) is 73.6 cm³/mol. The van der Waals surface area contributed by atoms with Gasteiger partial charge in [0.25, 0.3) is 5.91 Å². The minimum absolute atomic E-state index is 0.179. The Morgan fingerprint density at radius 1 is 1.56 bits per heavy atom. The summed E-state index contributed by atoms with van der Waals surface area (Å²) in [5, 5.41) is 0.896. The maximum Gasteiger partial charge on any atom is 0.256 e. The van der Waals surface area contributed by atoms with Gasteiger partial charge in [0, 0.05) is 18.4 Å². The molecule has 98 valence electrons. The number of benzene rings is 1. The molecule has 1 amide bonds. The fourth-order valence-corrected chi connectivity index (χ4v) is 2.89. The van der Waals surface area contributed by atoms with Crippen molar-refractivity contribution in [2.75, 3.05) is 18.4 Å². The topological polar surface area (TPSA) is 20.3 Å². The standard InChI is InChI=1S/C14H17BrFNO/c1-10-4-2-6-12(13(10)16)14(18)17-7-3-5-11(8-15)9-17/h2,4,6,11H,3,5,7-9H2,1H3. The normalized spacial score (nSPS) is 19.9. The van der Waals surface area contributed by atoms with Gasteiger partial charge in [-0.15, -0.1) is 0 Å². The molecule has 2 rings (SSSR count). The van der Waals surface area contributed by atoms with Crippen LogP contribution in [0.1, 0.15) is 28.8 Å². The smallest absolute Gasteiger partial charge is 0.256 e. The van der Waals surface area contributed by atoms with Crippen molar-refractivity contribution in [2.24, 2.45) is 5.92 Å². The van der Waals surface area contributed by atoms with Crippen molar-refractivity contribution in [1.29, 1.82) is 0 Å². The number of carbonyl (C=O) groups excluding carboxylic acids is 1. The summed E-state index contributed by atoms with van der Waals surface area (Å²) in [6.45, 7) is 3.14. The van der Waals surface area contributed by atoms with Gasteiger partial charge in [0.1, 0.15) is 5.82 Å². The molecule has 0 bridgehead atoms. The molecule has 4 heteroatoms. The molecule has 0 radical (unpaired) electrons. The third kappa shape index (κ3) is 2.74. The van der Waals surface area contributed by atoms with Gasteiger partial charge in [-0.1, -0.05) is 28.1 Å². The fourth-order valence-electron chi connectivity index (χ4n) is 2.36. The van der Waals surface area contributed by atoms with Gasteiger partial charge in [-0.05, 0) is 37.3 Å². The molecule has 0 saturated carbocycles. The van der Waals surface area contributed by atoms with Gasteiger partial charge in [0.15, 0.2) is 0 Å². The number of aryl methyl sites for hydroxylation is 1. The van der Waals surface area contributed by atoms with E-state index in [0.717, 1.165) is 31.3 Å². The highest BCUT2D eigenvalue weighted by Crippen LogP contribution is 2.21. The van der Waals surface area contributed by atoms with Gasteiger partial charge in [0.2, 0.25) is 0 Å². The highest BCUT2D eigenvalue weighted by molar-refractivity contribution is 9.09. The molecule has 1 saturated heterocycles. The Kier molecular flexibility index (Phi) is 4.38. The number of likely N-dealkylation sites (tertiary alicyclic amines) is 1. The lowest BCUT2D eigenvalue weighted by Gasteiger charge is -2.32. The first-order valence-corrected chi connectivity index (χ1v) is 7.36. The van der Waals surface area contributed by atoms with Crippen LogP contribution in [0.3, 0.4) is 0 Å². The predicted octanol–water partition coefficient (Wildman–Crippen LogP) is 3.38. The summed E-state index contributed by atoms with van der Waals surface area (Å²) < 4.78 is 13.9. The molecule has 1 atom stereocenters. The summed E-state index contributed by atoms with van der Waals surface area (Å²) >= 11 is 3.46. The molecule has 1 unspecified atom stereocenters. The number of nitrogens with zero attached hydrogens (tertiary/aromatic N) is 1. The number of carbonyl (C=O) groups is 1. The molecule has 1 aromatic carbocycles. The van der Waals surface area contributed by atoms with Crippen LogP contribution in [0.5, 0.6) is 0 Å². The minimum Gasteiger partial charge on any atom is -0.338 e. The van der Waals surface area contributed by atoms with E-state index in [0.29, 0.717) is 11.5 Å². The van der Waals surface area contributed by atoms with E-state index in [2.05, 4.69) is 15.9 Å². The second kappa shape index (κ2) is 5.83. The van der Waals surface area contributed by atoms with Gasteiger partial charge >= 0.3 is 0 Å². The van der Waals surface area contributed by atoms with E-state index in [1.165, 1.54) is 0 Å². The van der Waals surface area contributed by atoms with E-state index in [1.807, 2.05) is 0 Å². The number of amides is 1. The van der Waals surface area contributed by atoms with Crippen molar-refractivity contribution in [2.45, 2.75) is 19.8 Å². The number of alkyl halides is 1.